The quantitative estimate of drug-likeness (QED) is 0.848. The van der Waals surface area contributed by atoms with Gasteiger partial charge in [0.15, 0.2) is 0 Å². The first kappa shape index (κ1) is 11.7. The highest BCUT2D eigenvalue weighted by Crippen LogP contribution is 2.13. The molecule has 3 nitrogen and oxygen atoms in total. The number of hydrogen-bond acceptors (Lipinski definition) is 3. The van der Waals surface area contributed by atoms with Crippen molar-refractivity contribution in [3.8, 4) is 0 Å². The molecule has 1 aromatic heterocycles. The number of rotatable bonds is 3. The van der Waals surface area contributed by atoms with Gasteiger partial charge in [-0.15, -0.1) is 0 Å². The molecule has 2 unspecified atom stereocenters. The average molecular weight is 222 g/mol. The molecule has 2 rings (SSSR count). The summed E-state index contributed by atoms with van der Waals surface area (Å²) in [6, 6.07) is 5.34. The minimum absolute atomic E-state index is 0.573. The van der Waals surface area contributed by atoms with Crippen LogP contribution in [0.2, 0.25) is 0 Å². The zero-order valence-electron chi connectivity index (χ0n) is 10.5. The van der Waals surface area contributed by atoms with E-state index in [9.17, 15) is 0 Å². The lowest BCUT2D eigenvalue weighted by molar-refractivity contribution is 0.156. The van der Waals surface area contributed by atoms with E-state index in [1.165, 1.54) is 0 Å². The Morgan fingerprint density at radius 1 is 1.25 bits per heavy atom. The Labute approximate surface area is 97.8 Å². The molecule has 1 N–H and O–H groups in total. The van der Waals surface area contributed by atoms with Gasteiger partial charge in [-0.3, -0.25) is 4.90 Å². The SMILES string of the molecule is CCc1ccc(CN2CC(C)NC(C)C2)o1. The second-order valence-electron chi connectivity index (χ2n) is 4.88. The van der Waals surface area contributed by atoms with Crippen molar-refractivity contribution in [2.75, 3.05) is 13.1 Å². The van der Waals surface area contributed by atoms with E-state index in [-0.39, 0.29) is 0 Å². The van der Waals surface area contributed by atoms with Crippen LogP contribution in [0.1, 0.15) is 32.3 Å². The molecule has 0 radical (unpaired) electrons. The molecule has 2 atom stereocenters. The molecule has 0 saturated carbocycles. The van der Waals surface area contributed by atoms with Gasteiger partial charge in [-0.2, -0.15) is 0 Å². The van der Waals surface area contributed by atoms with Crippen LogP contribution in [-0.4, -0.2) is 30.1 Å². The molecule has 2 heterocycles. The van der Waals surface area contributed by atoms with E-state index >= 15 is 0 Å². The summed E-state index contributed by atoms with van der Waals surface area (Å²) >= 11 is 0. The van der Waals surface area contributed by atoms with E-state index in [1.54, 1.807) is 0 Å². The maximum absolute atomic E-state index is 5.74. The van der Waals surface area contributed by atoms with Crippen molar-refractivity contribution in [3.63, 3.8) is 0 Å². The van der Waals surface area contributed by atoms with Crippen molar-refractivity contribution >= 4 is 0 Å². The average Bonchev–Trinajstić information content (AvgIpc) is 2.64. The number of nitrogens with one attached hydrogen (secondary N) is 1. The molecule has 0 spiro atoms. The van der Waals surface area contributed by atoms with Crippen LogP contribution in [-0.2, 0) is 13.0 Å². The number of furan rings is 1. The molecule has 16 heavy (non-hydrogen) atoms. The standard InChI is InChI=1S/C13H22N2O/c1-4-12-5-6-13(16-12)9-15-7-10(2)14-11(3)8-15/h5-6,10-11,14H,4,7-9H2,1-3H3. The number of aryl methyl sites for hydroxylation is 1. The van der Waals surface area contributed by atoms with Crippen LogP contribution in [0, 0.1) is 0 Å². The molecule has 0 aromatic carbocycles. The highest BCUT2D eigenvalue weighted by molar-refractivity contribution is 5.07. The smallest absolute Gasteiger partial charge is 0.118 e. The molecule has 1 aliphatic heterocycles. The lowest BCUT2D eigenvalue weighted by atomic mass is 10.1. The van der Waals surface area contributed by atoms with Gasteiger partial charge in [-0.25, -0.2) is 0 Å². The fraction of sp³-hybridized carbons (Fsp3) is 0.692. The predicted octanol–water partition coefficient (Wildman–Crippen LogP) is 2.02. The normalized spacial score (nSPS) is 27.2. The minimum Gasteiger partial charge on any atom is -0.465 e. The molecule has 3 heteroatoms. The fourth-order valence-electron chi connectivity index (χ4n) is 2.49. The highest BCUT2D eigenvalue weighted by Gasteiger charge is 2.21. The van der Waals surface area contributed by atoms with Crippen LogP contribution in [0.4, 0.5) is 0 Å². The van der Waals surface area contributed by atoms with Crippen LogP contribution in [0.25, 0.3) is 0 Å². The molecule has 90 valence electrons. The lowest BCUT2D eigenvalue weighted by Crippen LogP contribution is -2.53. The van der Waals surface area contributed by atoms with Crippen molar-refractivity contribution in [2.24, 2.45) is 0 Å². The van der Waals surface area contributed by atoms with Gasteiger partial charge >= 0.3 is 0 Å². The van der Waals surface area contributed by atoms with Crippen LogP contribution in [0.3, 0.4) is 0 Å². The Morgan fingerprint density at radius 2 is 1.88 bits per heavy atom. The Bertz CT molecular complexity index is 324. The van der Waals surface area contributed by atoms with Crippen LogP contribution >= 0.6 is 0 Å². The molecular formula is C13H22N2O. The molecule has 0 aliphatic carbocycles. The lowest BCUT2D eigenvalue weighted by Gasteiger charge is -2.35. The zero-order chi connectivity index (χ0) is 11.5. The van der Waals surface area contributed by atoms with Crippen LogP contribution in [0.15, 0.2) is 16.5 Å². The van der Waals surface area contributed by atoms with Crippen LogP contribution in [0.5, 0.6) is 0 Å². The third kappa shape index (κ3) is 2.86. The largest absolute Gasteiger partial charge is 0.465 e. The third-order valence-corrected chi connectivity index (χ3v) is 3.08. The van der Waals surface area contributed by atoms with E-state index in [0.717, 1.165) is 37.6 Å². The predicted molar refractivity (Wildman–Crippen MR) is 65.4 cm³/mol. The first-order valence-corrected chi connectivity index (χ1v) is 6.23. The monoisotopic (exact) mass is 222 g/mol. The Balaban J connectivity index is 1.93. The van der Waals surface area contributed by atoms with Gasteiger partial charge in [0, 0.05) is 31.6 Å². The Morgan fingerprint density at radius 3 is 2.44 bits per heavy atom. The van der Waals surface area contributed by atoms with E-state index in [0.29, 0.717) is 12.1 Å². The highest BCUT2D eigenvalue weighted by atomic mass is 16.3. The van der Waals surface area contributed by atoms with E-state index in [2.05, 4.69) is 43.1 Å². The third-order valence-electron chi connectivity index (χ3n) is 3.08. The maximum Gasteiger partial charge on any atom is 0.118 e. The van der Waals surface area contributed by atoms with Crippen molar-refractivity contribution < 1.29 is 4.42 Å². The summed E-state index contributed by atoms with van der Waals surface area (Å²) in [5, 5.41) is 3.54. The molecule has 0 amide bonds. The summed E-state index contributed by atoms with van der Waals surface area (Å²) in [7, 11) is 0. The summed E-state index contributed by atoms with van der Waals surface area (Å²) in [5.74, 6) is 2.18. The Kier molecular flexibility index (Phi) is 3.66. The van der Waals surface area contributed by atoms with Gasteiger partial charge in [-0.05, 0) is 26.0 Å². The maximum atomic E-state index is 5.74. The molecular weight excluding hydrogens is 200 g/mol. The van der Waals surface area contributed by atoms with Crippen molar-refractivity contribution in [2.45, 2.75) is 45.8 Å². The van der Waals surface area contributed by atoms with Gasteiger partial charge in [0.1, 0.15) is 11.5 Å². The van der Waals surface area contributed by atoms with E-state index in [4.69, 9.17) is 4.42 Å². The fourth-order valence-corrected chi connectivity index (χ4v) is 2.49. The molecule has 0 bridgehead atoms. The number of hydrogen-bond donors (Lipinski definition) is 1. The van der Waals surface area contributed by atoms with Crippen molar-refractivity contribution in [1.82, 2.24) is 10.2 Å². The summed E-state index contributed by atoms with van der Waals surface area (Å²) in [6.07, 6.45) is 0.981. The van der Waals surface area contributed by atoms with Gasteiger partial charge in [0.2, 0.25) is 0 Å². The van der Waals surface area contributed by atoms with Crippen molar-refractivity contribution in [1.29, 1.82) is 0 Å². The van der Waals surface area contributed by atoms with E-state index in [1.807, 2.05) is 0 Å². The minimum atomic E-state index is 0.573. The van der Waals surface area contributed by atoms with Crippen LogP contribution < -0.4 is 5.32 Å². The van der Waals surface area contributed by atoms with E-state index < -0.39 is 0 Å². The Hall–Kier alpha value is -0.800. The second-order valence-corrected chi connectivity index (χ2v) is 4.88. The summed E-state index contributed by atoms with van der Waals surface area (Å²) < 4.78 is 5.74. The summed E-state index contributed by atoms with van der Waals surface area (Å²) in [6.45, 7) is 9.75. The van der Waals surface area contributed by atoms with Gasteiger partial charge in [-0.1, -0.05) is 6.92 Å². The molecule has 1 fully saturated rings. The van der Waals surface area contributed by atoms with Gasteiger partial charge in [0.05, 0.1) is 6.54 Å². The molecule has 1 saturated heterocycles. The zero-order valence-corrected chi connectivity index (χ0v) is 10.5. The second kappa shape index (κ2) is 5.02. The van der Waals surface area contributed by atoms with Crippen molar-refractivity contribution in [3.05, 3.63) is 23.7 Å². The molecule has 1 aliphatic rings. The molecule has 1 aromatic rings. The first-order chi connectivity index (χ1) is 7.67. The number of piperazine rings is 1. The van der Waals surface area contributed by atoms with Gasteiger partial charge < -0.3 is 9.73 Å². The first-order valence-electron chi connectivity index (χ1n) is 6.23. The topological polar surface area (TPSA) is 28.4 Å². The summed E-state index contributed by atoms with van der Waals surface area (Å²) in [5.41, 5.74) is 0. The summed E-state index contributed by atoms with van der Waals surface area (Å²) in [4.78, 5) is 2.46. The number of nitrogens with zero attached hydrogens (tertiary/aromatic N) is 1. The van der Waals surface area contributed by atoms with Gasteiger partial charge in [0.25, 0.3) is 0 Å².